The minimum absolute atomic E-state index is 0.265. The Morgan fingerprint density at radius 2 is 2.05 bits per heavy atom. The molecule has 0 bridgehead atoms. The maximum Gasteiger partial charge on any atom is 0.256 e. The van der Waals surface area contributed by atoms with Crippen LogP contribution >= 0.6 is 0 Å². The average molecular weight is 288 g/mol. The highest BCUT2D eigenvalue weighted by molar-refractivity contribution is 5.96. The van der Waals surface area contributed by atoms with Gasteiger partial charge in [0.05, 0.1) is 12.2 Å². The van der Waals surface area contributed by atoms with E-state index in [1.165, 1.54) is 18.3 Å². The van der Waals surface area contributed by atoms with Gasteiger partial charge in [-0.05, 0) is 30.2 Å². The van der Waals surface area contributed by atoms with E-state index in [0.29, 0.717) is 24.5 Å². The van der Waals surface area contributed by atoms with Gasteiger partial charge in [-0.1, -0.05) is 19.1 Å². The van der Waals surface area contributed by atoms with Crippen molar-refractivity contribution in [3.63, 3.8) is 0 Å². The number of hydrogen-bond donors (Lipinski definition) is 1. The van der Waals surface area contributed by atoms with Crippen LogP contribution in [0.3, 0.4) is 0 Å². The first-order chi connectivity index (χ1) is 10.2. The first-order valence-corrected chi connectivity index (χ1v) is 6.80. The molecule has 1 amide bonds. The molecule has 0 spiro atoms. The molecule has 110 valence electrons. The van der Waals surface area contributed by atoms with Gasteiger partial charge in [-0.3, -0.25) is 9.78 Å². The summed E-state index contributed by atoms with van der Waals surface area (Å²) in [5.41, 5.74) is 1.22. The molecule has 0 radical (unpaired) electrons. The molecule has 0 aliphatic carbocycles. The van der Waals surface area contributed by atoms with Crippen molar-refractivity contribution in [2.75, 3.05) is 6.61 Å². The zero-order valence-corrected chi connectivity index (χ0v) is 11.8. The maximum atomic E-state index is 12.8. The predicted molar refractivity (Wildman–Crippen MR) is 77.6 cm³/mol. The van der Waals surface area contributed by atoms with Crippen LogP contribution in [0.15, 0.2) is 42.7 Å². The van der Waals surface area contributed by atoms with Crippen LogP contribution in [0.25, 0.3) is 0 Å². The van der Waals surface area contributed by atoms with Crippen LogP contribution < -0.4 is 10.1 Å². The molecule has 0 aliphatic rings. The van der Waals surface area contributed by atoms with Gasteiger partial charge in [0.25, 0.3) is 5.91 Å². The molecule has 21 heavy (non-hydrogen) atoms. The Kier molecular flexibility index (Phi) is 5.26. The van der Waals surface area contributed by atoms with Crippen molar-refractivity contribution in [3.05, 3.63) is 59.7 Å². The van der Waals surface area contributed by atoms with E-state index < -0.39 is 0 Å². The van der Waals surface area contributed by atoms with E-state index in [9.17, 15) is 9.18 Å². The number of carbonyl (C=O) groups is 1. The summed E-state index contributed by atoms with van der Waals surface area (Å²) >= 11 is 0. The van der Waals surface area contributed by atoms with E-state index >= 15 is 0 Å². The summed E-state index contributed by atoms with van der Waals surface area (Å²) in [6.07, 6.45) is 3.92. The topological polar surface area (TPSA) is 51.2 Å². The van der Waals surface area contributed by atoms with Crippen LogP contribution in [0.5, 0.6) is 5.75 Å². The van der Waals surface area contributed by atoms with Crippen molar-refractivity contribution >= 4 is 5.91 Å². The summed E-state index contributed by atoms with van der Waals surface area (Å²) in [4.78, 5) is 16.1. The molecule has 0 aliphatic heterocycles. The number of benzene rings is 1. The minimum atomic E-state index is -0.299. The lowest BCUT2D eigenvalue weighted by Crippen LogP contribution is -2.23. The summed E-state index contributed by atoms with van der Waals surface area (Å²) in [6.45, 7) is 2.86. The number of amides is 1. The number of nitrogens with zero attached hydrogens (tertiary/aromatic N) is 1. The molecule has 5 heteroatoms. The van der Waals surface area contributed by atoms with Crippen molar-refractivity contribution in [2.45, 2.75) is 19.9 Å². The Labute approximate surface area is 123 Å². The van der Waals surface area contributed by atoms with Gasteiger partial charge >= 0.3 is 0 Å². The van der Waals surface area contributed by atoms with Gasteiger partial charge in [0.2, 0.25) is 0 Å². The van der Waals surface area contributed by atoms with E-state index in [2.05, 4.69) is 10.3 Å². The van der Waals surface area contributed by atoms with Gasteiger partial charge in [-0.2, -0.15) is 0 Å². The molecular weight excluding hydrogens is 271 g/mol. The number of rotatable bonds is 6. The lowest BCUT2D eigenvalue weighted by atomic mass is 10.2. The van der Waals surface area contributed by atoms with Crippen molar-refractivity contribution in [2.24, 2.45) is 0 Å². The fourth-order valence-electron chi connectivity index (χ4n) is 1.77. The first-order valence-electron chi connectivity index (χ1n) is 6.80. The smallest absolute Gasteiger partial charge is 0.256 e. The van der Waals surface area contributed by atoms with Crippen LogP contribution in [0, 0.1) is 5.82 Å². The third kappa shape index (κ3) is 4.27. The van der Waals surface area contributed by atoms with Gasteiger partial charge in [-0.25, -0.2) is 4.39 Å². The quantitative estimate of drug-likeness (QED) is 0.889. The predicted octanol–water partition coefficient (Wildman–Crippen LogP) is 2.94. The highest BCUT2D eigenvalue weighted by Gasteiger charge is 2.12. The van der Waals surface area contributed by atoms with Crippen molar-refractivity contribution in [3.8, 4) is 5.75 Å². The number of ether oxygens (including phenoxy) is 1. The highest BCUT2D eigenvalue weighted by Crippen LogP contribution is 2.17. The highest BCUT2D eigenvalue weighted by atomic mass is 19.1. The third-order valence-corrected chi connectivity index (χ3v) is 2.85. The summed E-state index contributed by atoms with van der Waals surface area (Å²) in [5, 5.41) is 2.77. The monoisotopic (exact) mass is 288 g/mol. The second kappa shape index (κ2) is 7.38. The zero-order valence-electron chi connectivity index (χ0n) is 11.8. The maximum absolute atomic E-state index is 12.8. The van der Waals surface area contributed by atoms with Crippen LogP contribution in [0.2, 0.25) is 0 Å². The molecule has 1 N–H and O–H groups in total. The molecule has 2 aromatic rings. The van der Waals surface area contributed by atoms with E-state index in [0.717, 1.165) is 12.0 Å². The third-order valence-electron chi connectivity index (χ3n) is 2.85. The molecule has 2 rings (SSSR count). The number of halogens is 1. The zero-order chi connectivity index (χ0) is 15.1. The molecule has 0 saturated carbocycles. The summed E-state index contributed by atoms with van der Waals surface area (Å²) in [7, 11) is 0. The van der Waals surface area contributed by atoms with Gasteiger partial charge in [0.15, 0.2) is 0 Å². The molecular formula is C16H17FN2O2. The normalized spacial score (nSPS) is 10.2. The summed E-state index contributed by atoms with van der Waals surface area (Å²) in [6, 6.07) is 7.66. The van der Waals surface area contributed by atoms with Gasteiger partial charge in [0.1, 0.15) is 11.6 Å². The Morgan fingerprint density at radius 1 is 1.29 bits per heavy atom. The van der Waals surface area contributed by atoms with Crippen LogP contribution in [-0.4, -0.2) is 17.5 Å². The molecule has 1 heterocycles. The molecule has 0 fully saturated rings. The van der Waals surface area contributed by atoms with E-state index in [1.807, 2.05) is 6.92 Å². The number of aromatic nitrogens is 1. The van der Waals surface area contributed by atoms with E-state index in [-0.39, 0.29) is 11.7 Å². The Balaban J connectivity index is 2.01. The van der Waals surface area contributed by atoms with E-state index in [1.54, 1.807) is 24.4 Å². The molecule has 4 nitrogen and oxygen atoms in total. The van der Waals surface area contributed by atoms with Crippen LogP contribution in [0.4, 0.5) is 4.39 Å². The van der Waals surface area contributed by atoms with Gasteiger partial charge in [-0.15, -0.1) is 0 Å². The van der Waals surface area contributed by atoms with E-state index in [4.69, 9.17) is 4.74 Å². The van der Waals surface area contributed by atoms with Crippen molar-refractivity contribution < 1.29 is 13.9 Å². The lowest BCUT2D eigenvalue weighted by molar-refractivity contribution is 0.0946. The lowest BCUT2D eigenvalue weighted by Gasteiger charge is -2.10. The Bertz CT molecular complexity index is 599. The second-order valence-electron chi connectivity index (χ2n) is 4.53. The number of pyridine rings is 1. The first kappa shape index (κ1) is 15.0. The fourth-order valence-corrected chi connectivity index (χ4v) is 1.77. The molecule has 0 atom stereocenters. The molecule has 0 unspecified atom stereocenters. The summed E-state index contributed by atoms with van der Waals surface area (Å²) in [5.74, 6) is -0.0467. The van der Waals surface area contributed by atoms with Crippen LogP contribution in [-0.2, 0) is 6.54 Å². The van der Waals surface area contributed by atoms with Crippen molar-refractivity contribution in [1.29, 1.82) is 0 Å². The molecule has 1 aromatic heterocycles. The molecule has 0 saturated heterocycles. The summed E-state index contributed by atoms with van der Waals surface area (Å²) < 4.78 is 18.3. The van der Waals surface area contributed by atoms with Crippen molar-refractivity contribution in [1.82, 2.24) is 10.3 Å². The number of carbonyl (C=O) groups excluding carboxylic acids is 1. The van der Waals surface area contributed by atoms with Gasteiger partial charge in [0, 0.05) is 18.9 Å². The minimum Gasteiger partial charge on any atom is -0.493 e. The SMILES string of the molecule is CCCOc1ccncc1C(=O)NCc1ccc(F)cc1. The largest absolute Gasteiger partial charge is 0.493 e. The van der Waals surface area contributed by atoms with Gasteiger partial charge < -0.3 is 10.1 Å². The standard InChI is InChI=1S/C16H17FN2O2/c1-2-9-21-15-7-8-18-11-14(15)16(20)19-10-12-3-5-13(17)6-4-12/h3-8,11H,2,9-10H2,1H3,(H,19,20). The Hall–Kier alpha value is -2.43. The second-order valence-corrected chi connectivity index (χ2v) is 4.53. The van der Waals surface area contributed by atoms with Crippen LogP contribution in [0.1, 0.15) is 29.3 Å². The number of nitrogens with one attached hydrogen (secondary N) is 1. The molecule has 1 aromatic carbocycles. The average Bonchev–Trinajstić information content (AvgIpc) is 2.52. The Morgan fingerprint density at radius 3 is 2.76 bits per heavy atom. The fraction of sp³-hybridized carbons (Fsp3) is 0.250. The number of hydrogen-bond acceptors (Lipinski definition) is 3.